The van der Waals surface area contributed by atoms with Crippen molar-refractivity contribution in [2.45, 2.75) is 39.2 Å². The van der Waals surface area contributed by atoms with Gasteiger partial charge in [0.25, 0.3) is 0 Å². The van der Waals surface area contributed by atoms with E-state index in [4.69, 9.17) is 21.3 Å². The van der Waals surface area contributed by atoms with Crippen molar-refractivity contribution in [3.05, 3.63) is 24.0 Å². The molecule has 4 heteroatoms. The van der Waals surface area contributed by atoms with Crippen molar-refractivity contribution in [3.8, 4) is 5.75 Å². The Hall–Kier alpha value is -1.22. The predicted molar refractivity (Wildman–Crippen MR) is 82.7 cm³/mol. The highest BCUT2D eigenvalue weighted by Crippen LogP contribution is 2.50. The molecule has 0 amide bonds. The first-order chi connectivity index (χ1) is 9.71. The lowest BCUT2D eigenvalue weighted by molar-refractivity contribution is 0.407. The number of imidazole rings is 1. The van der Waals surface area contributed by atoms with Crippen LogP contribution in [0.3, 0.4) is 0 Å². The smallest absolute Gasteiger partial charge is 0.121 e. The molecule has 0 radical (unpaired) electrons. The Morgan fingerprint density at radius 2 is 2.20 bits per heavy atom. The van der Waals surface area contributed by atoms with E-state index in [1.54, 1.807) is 7.11 Å². The zero-order chi connectivity index (χ0) is 14.2. The molecule has 1 aliphatic carbocycles. The van der Waals surface area contributed by atoms with Gasteiger partial charge < -0.3 is 9.30 Å². The van der Waals surface area contributed by atoms with Gasteiger partial charge in [-0.05, 0) is 36.8 Å². The summed E-state index contributed by atoms with van der Waals surface area (Å²) in [6.45, 7) is 3.36. The van der Waals surface area contributed by atoms with Crippen molar-refractivity contribution in [1.29, 1.82) is 0 Å². The zero-order valence-electron chi connectivity index (χ0n) is 12.2. The van der Waals surface area contributed by atoms with Gasteiger partial charge in [0, 0.05) is 24.9 Å². The third-order valence-electron chi connectivity index (χ3n) is 4.55. The molecular weight excluding hydrogens is 272 g/mol. The molecular formula is C16H21ClN2O. The summed E-state index contributed by atoms with van der Waals surface area (Å²) in [5.74, 6) is 2.57. The minimum atomic E-state index is 0.495. The normalized spacial score (nSPS) is 16.6. The molecule has 0 unspecified atom stereocenters. The molecule has 0 spiro atoms. The van der Waals surface area contributed by atoms with E-state index in [1.807, 2.05) is 12.1 Å². The minimum absolute atomic E-state index is 0.495. The van der Waals surface area contributed by atoms with Gasteiger partial charge in [-0.25, -0.2) is 4.98 Å². The summed E-state index contributed by atoms with van der Waals surface area (Å²) >= 11 is 5.94. The fourth-order valence-electron chi connectivity index (χ4n) is 2.87. The van der Waals surface area contributed by atoms with E-state index >= 15 is 0 Å². The van der Waals surface area contributed by atoms with E-state index in [0.717, 1.165) is 30.1 Å². The Bertz CT molecular complexity index is 616. The molecule has 1 aromatic carbocycles. The van der Waals surface area contributed by atoms with E-state index in [9.17, 15) is 0 Å². The number of aryl methyl sites for hydroxylation is 1. The maximum absolute atomic E-state index is 5.94. The van der Waals surface area contributed by atoms with Crippen molar-refractivity contribution in [2.24, 2.45) is 5.41 Å². The van der Waals surface area contributed by atoms with Crippen molar-refractivity contribution in [2.75, 3.05) is 13.0 Å². The van der Waals surface area contributed by atoms with Crippen molar-refractivity contribution in [3.63, 3.8) is 0 Å². The van der Waals surface area contributed by atoms with E-state index < -0.39 is 0 Å². The summed E-state index contributed by atoms with van der Waals surface area (Å²) in [7, 11) is 1.69. The van der Waals surface area contributed by atoms with Gasteiger partial charge in [-0.2, -0.15) is 0 Å². The van der Waals surface area contributed by atoms with Crippen LogP contribution in [0.4, 0.5) is 0 Å². The minimum Gasteiger partial charge on any atom is -0.497 e. The molecule has 1 saturated carbocycles. The molecule has 1 heterocycles. The summed E-state index contributed by atoms with van der Waals surface area (Å²) in [6, 6.07) is 6.14. The fraction of sp³-hybridized carbons (Fsp3) is 0.562. The van der Waals surface area contributed by atoms with Gasteiger partial charge in [0.05, 0.1) is 18.1 Å². The zero-order valence-corrected chi connectivity index (χ0v) is 12.9. The molecule has 1 aliphatic rings. The highest BCUT2D eigenvalue weighted by molar-refractivity contribution is 6.17. The number of rotatable bonds is 6. The lowest BCUT2D eigenvalue weighted by Gasteiger charge is -2.16. The van der Waals surface area contributed by atoms with E-state index in [1.165, 1.54) is 24.8 Å². The van der Waals surface area contributed by atoms with Crippen molar-refractivity contribution >= 4 is 22.6 Å². The van der Waals surface area contributed by atoms with Crippen LogP contribution in [0.15, 0.2) is 18.2 Å². The number of aromatic nitrogens is 2. The fourth-order valence-corrected chi connectivity index (χ4v) is 3.04. The molecule has 3 nitrogen and oxygen atoms in total. The molecule has 20 heavy (non-hydrogen) atoms. The molecule has 0 atom stereocenters. The molecule has 0 N–H and O–H groups in total. The highest BCUT2D eigenvalue weighted by Gasteiger charge is 2.41. The van der Waals surface area contributed by atoms with Crippen LogP contribution in [0.25, 0.3) is 11.0 Å². The Morgan fingerprint density at radius 3 is 2.80 bits per heavy atom. The first-order valence-corrected chi connectivity index (χ1v) is 7.84. The Balaban J connectivity index is 2.04. The van der Waals surface area contributed by atoms with Crippen molar-refractivity contribution in [1.82, 2.24) is 9.55 Å². The summed E-state index contributed by atoms with van der Waals surface area (Å²) in [6.07, 6.45) is 4.72. The molecule has 3 rings (SSSR count). The lowest BCUT2D eigenvalue weighted by Crippen LogP contribution is -2.13. The second kappa shape index (κ2) is 5.28. The summed E-state index contributed by atoms with van der Waals surface area (Å²) in [4.78, 5) is 4.76. The predicted octanol–water partition coefficient (Wildman–Crippen LogP) is 4.02. The van der Waals surface area contributed by atoms with Gasteiger partial charge in [0.1, 0.15) is 11.6 Å². The Labute approximate surface area is 124 Å². The number of methoxy groups -OCH3 is 1. The van der Waals surface area contributed by atoms with Gasteiger partial charge in [-0.15, -0.1) is 11.6 Å². The molecule has 0 aliphatic heterocycles. The van der Waals surface area contributed by atoms with Crippen LogP contribution in [0, 0.1) is 5.41 Å². The Morgan fingerprint density at radius 1 is 1.40 bits per heavy atom. The number of benzene rings is 1. The van der Waals surface area contributed by atoms with Crippen molar-refractivity contribution < 1.29 is 4.74 Å². The topological polar surface area (TPSA) is 27.1 Å². The maximum Gasteiger partial charge on any atom is 0.121 e. The van der Waals surface area contributed by atoms with Gasteiger partial charge in [-0.1, -0.05) is 6.92 Å². The van der Waals surface area contributed by atoms with E-state index in [2.05, 4.69) is 17.6 Å². The van der Waals surface area contributed by atoms with Gasteiger partial charge in [0.15, 0.2) is 0 Å². The summed E-state index contributed by atoms with van der Waals surface area (Å²) in [5.41, 5.74) is 2.70. The van der Waals surface area contributed by atoms with E-state index in [-0.39, 0.29) is 0 Å². The molecule has 1 aromatic heterocycles. The van der Waals surface area contributed by atoms with Gasteiger partial charge in [0.2, 0.25) is 0 Å². The van der Waals surface area contributed by atoms with Gasteiger partial charge in [-0.3, -0.25) is 0 Å². The number of fused-ring (bicyclic) bond motifs is 1. The largest absolute Gasteiger partial charge is 0.497 e. The number of hydrogen-bond donors (Lipinski definition) is 0. The number of hydrogen-bond acceptors (Lipinski definition) is 2. The Kier molecular flexibility index (Phi) is 3.63. The molecule has 0 bridgehead atoms. The number of ether oxygens (including phenoxy) is 1. The standard InChI is InChI=1S/C16H21ClN2O/c1-3-16(7-8-16)11-19-14-5-4-12(20-2)10-13(14)18-15(19)6-9-17/h4-5,10H,3,6-9,11H2,1-2H3. The van der Waals surface area contributed by atoms with Crippen LogP contribution in [0.1, 0.15) is 32.0 Å². The second-order valence-corrected chi connectivity index (χ2v) is 6.14. The first kappa shape index (κ1) is 13.7. The van der Waals surface area contributed by atoms with Gasteiger partial charge >= 0.3 is 0 Å². The van der Waals surface area contributed by atoms with Crippen LogP contribution in [-0.4, -0.2) is 22.5 Å². The molecule has 0 saturated heterocycles. The second-order valence-electron chi connectivity index (χ2n) is 5.76. The molecule has 1 fully saturated rings. The van der Waals surface area contributed by atoms with Crippen LogP contribution >= 0.6 is 11.6 Å². The molecule has 108 valence electrons. The maximum atomic E-state index is 5.94. The molecule has 2 aromatic rings. The average molecular weight is 293 g/mol. The first-order valence-electron chi connectivity index (χ1n) is 7.30. The third kappa shape index (κ3) is 2.39. The highest BCUT2D eigenvalue weighted by atomic mass is 35.5. The monoisotopic (exact) mass is 292 g/mol. The third-order valence-corrected chi connectivity index (χ3v) is 4.74. The van der Waals surface area contributed by atoms with Crippen LogP contribution in [0.2, 0.25) is 0 Å². The van der Waals surface area contributed by atoms with Crippen LogP contribution in [0.5, 0.6) is 5.75 Å². The number of alkyl halides is 1. The van der Waals surface area contributed by atoms with Crippen LogP contribution in [-0.2, 0) is 13.0 Å². The number of halogens is 1. The van der Waals surface area contributed by atoms with E-state index in [0.29, 0.717) is 11.3 Å². The SMILES string of the molecule is CCC1(Cn2c(CCCl)nc3cc(OC)ccc32)CC1. The van der Waals surface area contributed by atoms with Crippen LogP contribution < -0.4 is 4.74 Å². The summed E-state index contributed by atoms with van der Waals surface area (Å²) in [5, 5.41) is 0. The summed E-state index contributed by atoms with van der Waals surface area (Å²) < 4.78 is 7.66. The average Bonchev–Trinajstić information content (AvgIpc) is 3.17. The quantitative estimate of drug-likeness (QED) is 0.752. The number of nitrogens with zero attached hydrogens (tertiary/aromatic N) is 2. The lowest BCUT2D eigenvalue weighted by atomic mass is 10.0.